The SMILES string of the molecule is O=C(CN1CCCC(CO)C1)NC(=O)c1ccc[nH]1. The lowest BCUT2D eigenvalue weighted by molar-refractivity contribution is -0.121. The number of nitrogens with one attached hydrogen (secondary N) is 2. The molecule has 0 saturated carbocycles. The maximum atomic E-state index is 11.8. The molecule has 1 atom stereocenters. The highest BCUT2D eigenvalue weighted by Gasteiger charge is 2.21. The summed E-state index contributed by atoms with van der Waals surface area (Å²) in [5, 5.41) is 11.5. The Bertz CT molecular complexity index is 430. The molecule has 19 heavy (non-hydrogen) atoms. The van der Waals surface area contributed by atoms with Gasteiger partial charge in [-0.1, -0.05) is 0 Å². The first-order valence-electron chi connectivity index (χ1n) is 6.50. The van der Waals surface area contributed by atoms with E-state index >= 15 is 0 Å². The molecular weight excluding hydrogens is 246 g/mol. The van der Waals surface area contributed by atoms with Gasteiger partial charge in [-0.3, -0.25) is 19.8 Å². The van der Waals surface area contributed by atoms with E-state index in [1.54, 1.807) is 18.3 Å². The maximum Gasteiger partial charge on any atom is 0.274 e. The number of carbonyl (C=O) groups excluding carboxylic acids is 2. The number of nitrogens with zero attached hydrogens (tertiary/aromatic N) is 1. The zero-order valence-corrected chi connectivity index (χ0v) is 10.8. The van der Waals surface area contributed by atoms with Gasteiger partial charge < -0.3 is 10.1 Å². The minimum Gasteiger partial charge on any atom is -0.396 e. The molecule has 1 unspecified atom stereocenters. The molecule has 2 amide bonds. The molecule has 6 heteroatoms. The number of hydrogen-bond acceptors (Lipinski definition) is 4. The van der Waals surface area contributed by atoms with E-state index in [9.17, 15) is 9.59 Å². The monoisotopic (exact) mass is 265 g/mol. The summed E-state index contributed by atoms with van der Waals surface area (Å²) < 4.78 is 0. The minimum absolute atomic E-state index is 0.152. The van der Waals surface area contributed by atoms with Gasteiger partial charge in [0.15, 0.2) is 0 Å². The van der Waals surface area contributed by atoms with Gasteiger partial charge in [0.2, 0.25) is 5.91 Å². The molecule has 0 aliphatic carbocycles. The number of rotatable bonds is 4. The number of aliphatic hydroxyl groups is 1. The van der Waals surface area contributed by atoms with Crippen LogP contribution in [-0.4, -0.2) is 53.0 Å². The molecule has 3 N–H and O–H groups in total. The van der Waals surface area contributed by atoms with Crippen molar-refractivity contribution < 1.29 is 14.7 Å². The Morgan fingerprint density at radius 3 is 3.05 bits per heavy atom. The van der Waals surface area contributed by atoms with Crippen LogP contribution in [0.5, 0.6) is 0 Å². The molecule has 2 heterocycles. The quantitative estimate of drug-likeness (QED) is 0.714. The third kappa shape index (κ3) is 3.90. The summed E-state index contributed by atoms with van der Waals surface area (Å²) >= 11 is 0. The normalized spacial score (nSPS) is 20.2. The van der Waals surface area contributed by atoms with Gasteiger partial charge in [0.1, 0.15) is 5.69 Å². The molecule has 0 radical (unpaired) electrons. The highest BCUT2D eigenvalue weighted by atomic mass is 16.3. The molecule has 0 bridgehead atoms. The topological polar surface area (TPSA) is 85.4 Å². The first-order valence-corrected chi connectivity index (χ1v) is 6.50. The van der Waals surface area contributed by atoms with E-state index in [0.717, 1.165) is 19.4 Å². The highest BCUT2D eigenvalue weighted by Crippen LogP contribution is 2.15. The van der Waals surface area contributed by atoms with Gasteiger partial charge in [-0.05, 0) is 37.4 Å². The Morgan fingerprint density at radius 1 is 1.53 bits per heavy atom. The van der Waals surface area contributed by atoms with Crippen molar-refractivity contribution in [2.24, 2.45) is 5.92 Å². The number of aliphatic hydroxyl groups excluding tert-OH is 1. The Hall–Kier alpha value is -1.66. The number of piperidine rings is 1. The van der Waals surface area contributed by atoms with E-state index in [1.807, 2.05) is 4.90 Å². The smallest absolute Gasteiger partial charge is 0.274 e. The average molecular weight is 265 g/mol. The summed E-state index contributed by atoms with van der Waals surface area (Å²) in [5.74, 6) is -0.482. The lowest BCUT2D eigenvalue weighted by Gasteiger charge is -2.30. The maximum absolute atomic E-state index is 11.8. The highest BCUT2D eigenvalue weighted by molar-refractivity contribution is 6.04. The third-order valence-corrected chi connectivity index (χ3v) is 3.32. The van der Waals surface area contributed by atoms with E-state index in [4.69, 9.17) is 5.11 Å². The van der Waals surface area contributed by atoms with Gasteiger partial charge in [0, 0.05) is 19.3 Å². The van der Waals surface area contributed by atoms with Crippen molar-refractivity contribution in [3.63, 3.8) is 0 Å². The molecule has 1 fully saturated rings. The Labute approximate surface area is 111 Å². The second-order valence-electron chi connectivity index (χ2n) is 4.89. The van der Waals surface area contributed by atoms with Crippen molar-refractivity contribution in [2.45, 2.75) is 12.8 Å². The minimum atomic E-state index is -0.411. The second-order valence-corrected chi connectivity index (χ2v) is 4.89. The summed E-state index contributed by atoms with van der Waals surface area (Å²) in [6, 6.07) is 3.32. The number of aromatic amines is 1. The summed E-state index contributed by atoms with van der Waals surface area (Å²) in [6.07, 6.45) is 3.61. The number of amides is 2. The molecule has 2 rings (SSSR count). The second kappa shape index (κ2) is 6.49. The van der Waals surface area contributed by atoms with Crippen LogP contribution in [0.2, 0.25) is 0 Å². The molecule has 6 nitrogen and oxygen atoms in total. The summed E-state index contributed by atoms with van der Waals surface area (Å²) in [4.78, 5) is 28.1. The lowest BCUT2D eigenvalue weighted by Crippen LogP contribution is -2.44. The average Bonchev–Trinajstić information content (AvgIpc) is 2.92. The number of H-pyrrole nitrogens is 1. The van der Waals surface area contributed by atoms with Crippen molar-refractivity contribution in [1.82, 2.24) is 15.2 Å². The first kappa shape index (κ1) is 13.8. The molecule has 1 saturated heterocycles. The fourth-order valence-corrected chi connectivity index (χ4v) is 2.35. The lowest BCUT2D eigenvalue weighted by atomic mass is 9.99. The molecule has 1 aliphatic heterocycles. The van der Waals surface area contributed by atoms with Gasteiger partial charge >= 0.3 is 0 Å². The van der Waals surface area contributed by atoms with Gasteiger partial charge in [0.05, 0.1) is 6.54 Å². The van der Waals surface area contributed by atoms with Gasteiger partial charge in [-0.25, -0.2) is 0 Å². The van der Waals surface area contributed by atoms with Crippen LogP contribution in [-0.2, 0) is 4.79 Å². The number of aromatic nitrogens is 1. The largest absolute Gasteiger partial charge is 0.396 e. The van der Waals surface area contributed by atoms with E-state index in [-0.39, 0.29) is 25.0 Å². The predicted molar refractivity (Wildman–Crippen MR) is 69.5 cm³/mol. The van der Waals surface area contributed by atoms with Crippen LogP contribution < -0.4 is 5.32 Å². The van der Waals surface area contributed by atoms with Crippen LogP contribution >= 0.6 is 0 Å². The van der Waals surface area contributed by atoms with E-state index in [0.29, 0.717) is 12.2 Å². The Balaban J connectivity index is 1.79. The molecule has 1 aromatic heterocycles. The van der Waals surface area contributed by atoms with Crippen LogP contribution in [0.3, 0.4) is 0 Å². The van der Waals surface area contributed by atoms with E-state index < -0.39 is 5.91 Å². The van der Waals surface area contributed by atoms with Crippen molar-refractivity contribution in [1.29, 1.82) is 0 Å². The molecule has 0 spiro atoms. The van der Waals surface area contributed by atoms with Gasteiger partial charge in [0.25, 0.3) is 5.91 Å². The molecule has 104 valence electrons. The standard InChI is InChI=1S/C13H19N3O3/c17-9-10-3-2-6-16(7-10)8-12(18)15-13(19)11-4-1-5-14-11/h1,4-5,10,14,17H,2-3,6-9H2,(H,15,18,19). The van der Waals surface area contributed by atoms with Crippen molar-refractivity contribution in [3.8, 4) is 0 Å². The fraction of sp³-hybridized carbons (Fsp3) is 0.538. The predicted octanol–water partition coefficient (Wildman–Crippen LogP) is -0.0246. The molecule has 0 aromatic carbocycles. The summed E-state index contributed by atoms with van der Waals surface area (Å²) in [6.45, 7) is 1.89. The Morgan fingerprint density at radius 2 is 2.37 bits per heavy atom. The van der Waals surface area contributed by atoms with Crippen LogP contribution in [0.1, 0.15) is 23.3 Å². The molecule has 1 aromatic rings. The number of carbonyl (C=O) groups is 2. The zero-order valence-electron chi connectivity index (χ0n) is 10.8. The van der Waals surface area contributed by atoms with Crippen LogP contribution in [0.25, 0.3) is 0 Å². The van der Waals surface area contributed by atoms with Crippen LogP contribution in [0, 0.1) is 5.92 Å². The fourth-order valence-electron chi connectivity index (χ4n) is 2.35. The molecule has 1 aliphatic rings. The number of imide groups is 1. The van der Waals surface area contributed by atoms with E-state index in [1.165, 1.54) is 0 Å². The molecular formula is C13H19N3O3. The first-order chi connectivity index (χ1) is 9.19. The summed E-state index contributed by atoms with van der Waals surface area (Å²) in [5.41, 5.74) is 0.375. The van der Waals surface area contributed by atoms with Crippen LogP contribution in [0.4, 0.5) is 0 Å². The zero-order chi connectivity index (χ0) is 13.7. The van der Waals surface area contributed by atoms with E-state index in [2.05, 4.69) is 10.3 Å². The summed E-state index contributed by atoms with van der Waals surface area (Å²) in [7, 11) is 0. The Kier molecular flexibility index (Phi) is 4.70. The third-order valence-electron chi connectivity index (χ3n) is 3.32. The van der Waals surface area contributed by atoms with Crippen molar-refractivity contribution in [2.75, 3.05) is 26.2 Å². The van der Waals surface area contributed by atoms with Crippen molar-refractivity contribution >= 4 is 11.8 Å². The van der Waals surface area contributed by atoms with Gasteiger partial charge in [-0.2, -0.15) is 0 Å². The van der Waals surface area contributed by atoms with Crippen LogP contribution in [0.15, 0.2) is 18.3 Å². The van der Waals surface area contributed by atoms with Crippen molar-refractivity contribution in [3.05, 3.63) is 24.0 Å². The van der Waals surface area contributed by atoms with Gasteiger partial charge in [-0.15, -0.1) is 0 Å². The number of hydrogen-bond donors (Lipinski definition) is 3. The number of likely N-dealkylation sites (tertiary alicyclic amines) is 1.